The van der Waals surface area contributed by atoms with Crippen LogP contribution in [0, 0.1) is 26.6 Å². The Balaban J connectivity index is 1.50. The van der Waals surface area contributed by atoms with Gasteiger partial charge in [0.05, 0.1) is 11.4 Å². The normalized spacial score (nSPS) is 11.0. The van der Waals surface area contributed by atoms with Crippen LogP contribution in [0.15, 0.2) is 54.6 Å². The molecule has 0 saturated carbocycles. The number of halogens is 1. The monoisotopic (exact) mass is 418 g/mol. The predicted octanol–water partition coefficient (Wildman–Crippen LogP) is 4.18. The third-order valence-corrected chi connectivity index (χ3v) is 5.02. The van der Waals surface area contributed by atoms with Crippen LogP contribution in [0.25, 0.3) is 16.7 Å². The Morgan fingerprint density at radius 3 is 2.48 bits per heavy atom. The van der Waals surface area contributed by atoms with E-state index in [-0.39, 0.29) is 18.3 Å². The van der Waals surface area contributed by atoms with Gasteiger partial charge in [0.1, 0.15) is 5.82 Å². The van der Waals surface area contributed by atoms with E-state index in [1.807, 2.05) is 51.1 Å². The van der Waals surface area contributed by atoms with Gasteiger partial charge in [-0.3, -0.25) is 4.79 Å². The highest BCUT2D eigenvalue weighted by atomic mass is 19.1. The summed E-state index contributed by atoms with van der Waals surface area (Å²) in [5, 5.41) is 8.37. The van der Waals surface area contributed by atoms with Crippen LogP contribution in [0.2, 0.25) is 0 Å². The molecule has 2 aromatic heterocycles. The number of benzene rings is 2. The molecule has 1 N–H and O–H groups in total. The fourth-order valence-electron chi connectivity index (χ4n) is 3.41. The van der Waals surface area contributed by atoms with Crippen molar-refractivity contribution in [2.75, 3.05) is 6.61 Å². The SMILES string of the molecule is Cc1ccc(-n2nc(C)c3c(C)cc(OCC(=O)NCc4ccc(F)cc4)nc32)cc1. The van der Waals surface area contributed by atoms with Crippen molar-refractivity contribution < 1.29 is 13.9 Å². The Morgan fingerprint density at radius 1 is 1.06 bits per heavy atom. The first-order valence-electron chi connectivity index (χ1n) is 9.98. The summed E-state index contributed by atoms with van der Waals surface area (Å²) in [4.78, 5) is 16.8. The van der Waals surface area contributed by atoms with Gasteiger partial charge in [0.2, 0.25) is 5.88 Å². The van der Waals surface area contributed by atoms with E-state index in [1.165, 1.54) is 12.1 Å². The first kappa shape index (κ1) is 20.5. The fourth-order valence-corrected chi connectivity index (χ4v) is 3.41. The maximum Gasteiger partial charge on any atom is 0.258 e. The summed E-state index contributed by atoms with van der Waals surface area (Å²) >= 11 is 0. The van der Waals surface area contributed by atoms with Gasteiger partial charge in [-0.1, -0.05) is 29.8 Å². The van der Waals surface area contributed by atoms with Crippen molar-refractivity contribution in [3.05, 3.63) is 82.8 Å². The molecule has 158 valence electrons. The van der Waals surface area contributed by atoms with Crippen LogP contribution in [0.1, 0.15) is 22.4 Å². The van der Waals surface area contributed by atoms with Gasteiger partial charge < -0.3 is 10.1 Å². The minimum atomic E-state index is -0.310. The van der Waals surface area contributed by atoms with Crippen LogP contribution >= 0.6 is 0 Å². The molecule has 0 spiro atoms. The summed E-state index contributed by atoms with van der Waals surface area (Å²) in [6.45, 7) is 6.08. The van der Waals surface area contributed by atoms with Crippen molar-refractivity contribution >= 4 is 16.9 Å². The number of fused-ring (bicyclic) bond motifs is 1. The Kier molecular flexibility index (Phi) is 5.66. The van der Waals surface area contributed by atoms with E-state index in [0.29, 0.717) is 18.1 Å². The zero-order chi connectivity index (χ0) is 22.0. The van der Waals surface area contributed by atoms with Crippen molar-refractivity contribution in [2.45, 2.75) is 27.3 Å². The molecule has 0 saturated heterocycles. The van der Waals surface area contributed by atoms with Crippen molar-refractivity contribution in [3.63, 3.8) is 0 Å². The lowest BCUT2D eigenvalue weighted by molar-refractivity contribution is -0.123. The molecule has 31 heavy (non-hydrogen) atoms. The van der Waals surface area contributed by atoms with E-state index in [4.69, 9.17) is 4.74 Å². The molecule has 2 aromatic carbocycles. The molecule has 4 aromatic rings. The number of rotatable bonds is 6. The van der Waals surface area contributed by atoms with Gasteiger partial charge in [-0.05, 0) is 56.2 Å². The minimum absolute atomic E-state index is 0.170. The summed E-state index contributed by atoms with van der Waals surface area (Å²) < 4.78 is 20.4. The molecule has 0 aliphatic carbocycles. The fraction of sp³-hybridized carbons (Fsp3) is 0.208. The van der Waals surface area contributed by atoms with E-state index in [0.717, 1.165) is 33.5 Å². The second-order valence-electron chi connectivity index (χ2n) is 7.50. The zero-order valence-electron chi connectivity index (χ0n) is 17.6. The third-order valence-electron chi connectivity index (χ3n) is 5.02. The second kappa shape index (κ2) is 8.55. The summed E-state index contributed by atoms with van der Waals surface area (Å²) in [6.07, 6.45) is 0. The highest BCUT2D eigenvalue weighted by molar-refractivity contribution is 5.84. The van der Waals surface area contributed by atoms with Gasteiger partial charge in [0.25, 0.3) is 5.91 Å². The maximum atomic E-state index is 13.0. The van der Waals surface area contributed by atoms with Crippen LogP contribution < -0.4 is 10.1 Å². The molecule has 0 bridgehead atoms. The predicted molar refractivity (Wildman–Crippen MR) is 117 cm³/mol. The first-order valence-corrected chi connectivity index (χ1v) is 9.98. The number of nitrogens with one attached hydrogen (secondary N) is 1. The molecule has 0 aliphatic rings. The lowest BCUT2D eigenvalue weighted by Crippen LogP contribution is -2.28. The largest absolute Gasteiger partial charge is 0.468 e. The quantitative estimate of drug-likeness (QED) is 0.510. The summed E-state index contributed by atoms with van der Waals surface area (Å²) in [6, 6.07) is 15.8. The van der Waals surface area contributed by atoms with Crippen LogP contribution in [-0.4, -0.2) is 27.3 Å². The summed E-state index contributed by atoms with van der Waals surface area (Å²) in [7, 11) is 0. The zero-order valence-corrected chi connectivity index (χ0v) is 17.6. The third kappa shape index (κ3) is 4.55. The van der Waals surface area contributed by atoms with Gasteiger partial charge in [-0.25, -0.2) is 9.07 Å². The van der Waals surface area contributed by atoms with E-state index in [2.05, 4.69) is 15.4 Å². The molecule has 1 amide bonds. The van der Waals surface area contributed by atoms with Crippen LogP contribution in [-0.2, 0) is 11.3 Å². The lowest BCUT2D eigenvalue weighted by atomic mass is 10.1. The van der Waals surface area contributed by atoms with Gasteiger partial charge >= 0.3 is 0 Å². The molecule has 4 rings (SSSR count). The smallest absolute Gasteiger partial charge is 0.258 e. The second-order valence-corrected chi connectivity index (χ2v) is 7.50. The number of pyridine rings is 1. The first-order chi connectivity index (χ1) is 14.9. The van der Waals surface area contributed by atoms with E-state index >= 15 is 0 Å². The molecule has 0 radical (unpaired) electrons. The molecule has 7 heteroatoms. The number of carbonyl (C=O) groups excluding carboxylic acids is 1. The van der Waals surface area contributed by atoms with E-state index in [9.17, 15) is 9.18 Å². The molecule has 0 fully saturated rings. The van der Waals surface area contributed by atoms with Crippen LogP contribution in [0.3, 0.4) is 0 Å². The standard InChI is InChI=1S/C24H23FN4O2/c1-15-4-10-20(11-5-15)29-24-23(17(3)28-29)16(2)12-22(27-24)31-14-21(30)26-13-18-6-8-19(25)9-7-18/h4-12H,13-14H2,1-3H3,(H,26,30). The van der Waals surface area contributed by atoms with Crippen molar-refractivity contribution in [2.24, 2.45) is 0 Å². The van der Waals surface area contributed by atoms with Crippen molar-refractivity contribution in [1.29, 1.82) is 0 Å². The summed E-state index contributed by atoms with van der Waals surface area (Å²) in [5.74, 6) is -0.238. The Hall–Kier alpha value is -3.74. The number of hydrogen-bond acceptors (Lipinski definition) is 4. The Labute approximate surface area is 179 Å². The summed E-state index contributed by atoms with van der Waals surface area (Å²) in [5.41, 5.74) is 5.42. The molecule has 6 nitrogen and oxygen atoms in total. The number of nitrogens with zero attached hydrogens (tertiary/aromatic N) is 3. The number of hydrogen-bond donors (Lipinski definition) is 1. The Morgan fingerprint density at radius 2 is 1.77 bits per heavy atom. The highest BCUT2D eigenvalue weighted by Crippen LogP contribution is 2.26. The van der Waals surface area contributed by atoms with Gasteiger partial charge in [-0.15, -0.1) is 0 Å². The van der Waals surface area contributed by atoms with E-state index < -0.39 is 0 Å². The lowest BCUT2D eigenvalue weighted by Gasteiger charge is -2.09. The van der Waals surface area contributed by atoms with Gasteiger partial charge in [-0.2, -0.15) is 10.1 Å². The average molecular weight is 418 g/mol. The number of carbonyl (C=O) groups is 1. The number of aromatic nitrogens is 3. The molecular weight excluding hydrogens is 395 g/mol. The Bertz CT molecular complexity index is 1230. The highest BCUT2D eigenvalue weighted by Gasteiger charge is 2.15. The van der Waals surface area contributed by atoms with Crippen LogP contribution in [0.5, 0.6) is 5.88 Å². The van der Waals surface area contributed by atoms with Crippen LogP contribution in [0.4, 0.5) is 4.39 Å². The number of aryl methyl sites for hydroxylation is 3. The molecule has 0 atom stereocenters. The minimum Gasteiger partial charge on any atom is -0.468 e. The van der Waals surface area contributed by atoms with Gasteiger partial charge in [0, 0.05) is 18.0 Å². The maximum absolute atomic E-state index is 13.0. The molecule has 0 unspecified atom stereocenters. The molecule has 2 heterocycles. The topological polar surface area (TPSA) is 69.0 Å². The van der Waals surface area contributed by atoms with E-state index in [1.54, 1.807) is 16.8 Å². The number of ether oxygens (including phenoxy) is 1. The molecule has 0 aliphatic heterocycles. The van der Waals surface area contributed by atoms with Gasteiger partial charge in [0.15, 0.2) is 12.3 Å². The average Bonchev–Trinajstić information content (AvgIpc) is 3.09. The molecular formula is C24H23FN4O2. The van der Waals surface area contributed by atoms with Crippen molar-refractivity contribution in [3.8, 4) is 11.6 Å². The van der Waals surface area contributed by atoms with Crippen molar-refractivity contribution in [1.82, 2.24) is 20.1 Å². The number of amides is 1.